The predicted molar refractivity (Wildman–Crippen MR) is 156 cm³/mol. The van der Waals surface area contributed by atoms with Gasteiger partial charge >= 0.3 is 6.09 Å². The first-order valence-electron chi connectivity index (χ1n) is 13.3. The lowest BCUT2D eigenvalue weighted by Crippen LogP contribution is -2.30. The number of nitrogens with zero attached hydrogens (tertiary/aromatic N) is 3. The van der Waals surface area contributed by atoms with Gasteiger partial charge in [-0.15, -0.1) is 0 Å². The minimum absolute atomic E-state index is 0.0789. The maximum absolute atomic E-state index is 10.5. The summed E-state index contributed by atoms with van der Waals surface area (Å²) in [5.41, 5.74) is -0.389. The van der Waals surface area contributed by atoms with E-state index in [1.165, 1.54) is 32.1 Å². The van der Waals surface area contributed by atoms with Gasteiger partial charge in [0.05, 0.1) is 12.0 Å². The molecule has 0 spiro atoms. The number of thioether (sulfide) groups is 1. The van der Waals surface area contributed by atoms with Crippen LogP contribution in [-0.4, -0.2) is 85.0 Å². The molecule has 214 valence electrons. The fraction of sp³-hybridized carbons (Fsp3) is 0.655. The summed E-state index contributed by atoms with van der Waals surface area (Å²) in [6.45, 7) is 9.15. The van der Waals surface area contributed by atoms with Gasteiger partial charge in [0.25, 0.3) is 0 Å². The number of amides is 2. The molecule has 2 amide bonds. The third kappa shape index (κ3) is 18.6. The Morgan fingerprint density at radius 3 is 2.05 bits per heavy atom. The van der Waals surface area contributed by atoms with Gasteiger partial charge in [-0.1, -0.05) is 36.4 Å². The van der Waals surface area contributed by atoms with Crippen molar-refractivity contribution >= 4 is 30.6 Å². The van der Waals surface area contributed by atoms with Crippen LogP contribution in [-0.2, 0) is 14.3 Å². The summed E-state index contributed by atoms with van der Waals surface area (Å²) >= 11 is 1.91. The minimum Gasteiger partial charge on any atom is -0.444 e. The van der Waals surface area contributed by atoms with Crippen LogP contribution in [0.3, 0.4) is 0 Å². The predicted octanol–water partition coefficient (Wildman–Crippen LogP) is 5.00. The quantitative estimate of drug-likeness (QED) is 0.378. The number of alkyl carbamates (subject to hydrolysis) is 1. The normalized spacial score (nSPS) is 20.2. The Morgan fingerprint density at radius 2 is 1.71 bits per heavy atom. The third-order valence-corrected chi connectivity index (χ3v) is 7.03. The smallest absolute Gasteiger partial charge is 0.407 e. The van der Waals surface area contributed by atoms with Crippen molar-refractivity contribution in [3.8, 4) is 6.07 Å². The molecule has 3 atom stereocenters. The molecule has 9 heteroatoms. The number of likely N-dealkylation sites (tertiary alicyclic amines) is 2. The van der Waals surface area contributed by atoms with E-state index in [0.717, 1.165) is 43.5 Å². The van der Waals surface area contributed by atoms with E-state index in [2.05, 4.69) is 30.3 Å². The van der Waals surface area contributed by atoms with Crippen LogP contribution in [0.2, 0.25) is 0 Å². The summed E-state index contributed by atoms with van der Waals surface area (Å²) in [5.74, 6) is 2.28. The van der Waals surface area contributed by atoms with E-state index in [1.54, 1.807) is 4.90 Å². The van der Waals surface area contributed by atoms with Crippen molar-refractivity contribution in [2.45, 2.75) is 77.5 Å². The summed E-state index contributed by atoms with van der Waals surface area (Å²) < 4.78 is 4.84. The number of carbonyl (C=O) groups excluding carboxylic acids is 3. The molecular formula is C29H48N4O4S. The molecule has 2 heterocycles. The van der Waals surface area contributed by atoms with Crippen LogP contribution in [0.4, 0.5) is 4.79 Å². The average molecular weight is 549 g/mol. The average Bonchev–Trinajstić information content (AvgIpc) is 3.51. The maximum atomic E-state index is 10.5. The number of hydrogen-bond donors (Lipinski definition) is 1. The second kappa shape index (κ2) is 21.4. The zero-order valence-corrected chi connectivity index (χ0v) is 24.9. The molecule has 2 fully saturated rings. The Labute approximate surface area is 234 Å². The number of aldehydes is 1. The number of hydrogen-bond acceptors (Lipinski definition) is 7. The Bertz CT molecular complexity index is 771. The summed E-state index contributed by atoms with van der Waals surface area (Å²) in [6, 6.07) is 15.7. The Kier molecular flexibility index (Phi) is 19.9. The highest BCUT2D eigenvalue weighted by Crippen LogP contribution is 2.25. The first-order chi connectivity index (χ1) is 18.1. The van der Waals surface area contributed by atoms with Crippen LogP contribution in [0.5, 0.6) is 0 Å². The molecule has 1 N–H and O–H groups in total. The van der Waals surface area contributed by atoms with E-state index in [1.807, 2.05) is 68.9 Å². The van der Waals surface area contributed by atoms with Crippen LogP contribution < -0.4 is 5.32 Å². The topological polar surface area (TPSA) is 103 Å². The second-order valence-electron chi connectivity index (χ2n) is 10.2. The van der Waals surface area contributed by atoms with Gasteiger partial charge in [0.2, 0.25) is 6.41 Å². The summed E-state index contributed by atoms with van der Waals surface area (Å²) in [5, 5.41) is 10.7. The van der Waals surface area contributed by atoms with Crippen molar-refractivity contribution in [1.29, 1.82) is 5.26 Å². The SMILES string of the molecule is CNC(=O)OC(C)(C)C.C[C@@H]1CC[C@H](CCSCCC=O)N1C.N#CC1CCN(C=O)C1.c1ccccc1. The summed E-state index contributed by atoms with van der Waals surface area (Å²) in [4.78, 5) is 34.8. The highest BCUT2D eigenvalue weighted by Gasteiger charge is 2.26. The van der Waals surface area contributed by atoms with E-state index < -0.39 is 0 Å². The fourth-order valence-corrected chi connectivity index (χ4v) is 4.61. The minimum atomic E-state index is -0.389. The molecule has 0 bridgehead atoms. The van der Waals surface area contributed by atoms with E-state index in [4.69, 9.17) is 10.00 Å². The van der Waals surface area contributed by atoms with Crippen molar-refractivity contribution in [2.75, 3.05) is 38.7 Å². The molecule has 0 radical (unpaired) electrons. The molecule has 1 unspecified atom stereocenters. The van der Waals surface area contributed by atoms with Gasteiger partial charge in [0.15, 0.2) is 0 Å². The zero-order chi connectivity index (χ0) is 28.8. The lowest BCUT2D eigenvalue weighted by molar-refractivity contribution is -0.117. The largest absolute Gasteiger partial charge is 0.444 e. The van der Waals surface area contributed by atoms with Crippen LogP contribution >= 0.6 is 11.8 Å². The van der Waals surface area contributed by atoms with Crippen molar-refractivity contribution in [3.05, 3.63) is 36.4 Å². The number of ether oxygens (including phenoxy) is 1. The molecule has 0 saturated carbocycles. The molecule has 2 saturated heterocycles. The van der Waals surface area contributed by atoms with Crippen molar-refractivity contribution < 1.29 is 19.1 Å². The molecule has 1 aromatic carbocycles. The monoisotopic (exact) mass is 548 g/mol. The van der Waals surface area contributed by atoms with Gasteiger partial charge in [-0.2, -0.15) is 17.0 Å². The Morgan fingerprint density at radius 1 is 1.11 bits per heavy atom. The Balaban J connectivity index is 0.000000502. The van der Waals surface area contributed by atoms with Crippen molar-refractivity contribution in [2.24, 2.45) is 5.92 Å². The van der Waals surface area contributed by atoms with Gasteiger partial charge in [0.1, 0.15) is 11.9 Å². The number of benzene rings is 1. The molecule has 8 nitrogen and oxygen atoms in total. The zero-order valence-electron chi connectivity index (χ0n) is 24.1. The van der Waals surface area contributed by atoms with E-state index in [0.29, 0.717) is 13.0 Å². The fourth-order valence-electron chi connectivity index (χ4n) is 3.70. The van der Waals surface area contributed by atoms with Gasteiger partial charge in [-0.05, 0) is 71.9 Å². The number of nitriles is 1. The summed E-state index contributed by atoms with van der Waals surface area (Å²) in [6.07, 6.45) is 6.96. The van der Waals surface area contributed by atoms with Crippen LogP contribution in [0, 0.1) is 17.2 Å². The van der Waals surface area contributed by atoms with Crippen LogP contribution in [0.25, 0.3) is 0 Å². The molecule has 1 aromatic rings. The molecular weight excluding hydrogens is 500 g/mol. The lowest BCUT2D eigenvalue weighted by atomic mass is 10.1. The number of nitrogens with one attached hydrogen (secondary N) is 1. The van der Waals surface area contributed by atoms with Gasteiger partial charge in [-0.25, -0.2) is 4.79 Å². The van der Waals surface area contributed by atoms with Crippen molar-refractivity contribution in [3.63, 3.8) is 0 Å². The molecule has 2 aliphatic heterocycles. The molecule has 38 heavy (non-hydrogen) atoms. The summed E-state index contributed by atoms with van der Waals surface area (Å²) in [7, 11) is 3.77. The maximum Gasteiger partial charge on any atom is 0.407 e. The standard InChI is InChI=1S/C11H21NOS.C6H8N2O.C6H13NO2.C6H6/c1-10-4-5-11(12(10)2)6-9-14-8-3-7-13;7-3-6-1-2-8(4-6)5-9;1-6(2,3)9-5(8)7-4;1-2-4-6-5-3-1/h7,10-11H,3-6,8-9H2,1-2H3;5-6H,1-2,4H2;1-4H3,(H,7,8);1-6H/t10-,11-;;;/m1.../s1. The van der Waals surface area contributed by atoms with E-state index >= 15 is 0 Å². The van der Waals surface area contributed by atoms with E-state index in [9.17, 15) is 14.4 Å². The Hall–Kier alpha value is -2.57. The first kappa shape index (κ1) is 35.4. The molecule has 0 aromatic heterocycles. The molecule has 3 rings (SSSR count). The third-order valence-electron chi connectivity index (χ3n) is 5.99. The van der Waals surface area contributed by atoms with Crippen LogP contribution in [0.1, 0.15) is 59.8 Å². The van der Waals surface area contributed by atoms with Gasteiger partial charge < -0.3 is 24.6 Å². The van der Waals surface area contributed by atoms with E-state index in [-0.39, 0.29) is 17.6 Å². The van der Waals surface area contributed by atoms with Gasteiger partial charge in [0, 0.05) is 38.6 Å². The molecule has 2 aliphatic rings. The lowest BCUT2D eigenvalue weighted by Gasteiger charge is -2.22. The highest BCUT2D eigenvalue weighted by atomic mass is 32.2. The number of rotatable bonds is 7. The highest BCUT2D eigenvalue weighted by molar-refractivity contribution is 7.99. The first-order valence-corrected chi connectivity index (χ1v) is 14.5. The van der Waals surface area contributed by atoms with Gasteiger partial charge in [-0.3, -0.25) is 4.79 Å². The molecule has 0 aliphatic carbocycles. The van der Waals surface area contributed by atoms with Crippen LogP contribution in [0.15, 0.2) is 36.4 Å². The van der Waals surface area contributed by atoms with Crippen molar-refractivity contribution in [1.82, 2.24) is 15.1 Å². The second-order valence-corrected chi connectivity index (χ2v) is 11.4. The number of carbonyl (C=O) groups is 3.